The summed E-state index contributed by atoms with van der Waals surface area (Å²) in [5.74, 6) is 1.80. The second-order valence-corrected chi connectivity index (χ2v) is 16.0. The molecule has 61 heavy (non-hydrogen) atoms. The molecule has 6 nitrogen and oxygen atoms in total. The zero-order valence-electron chi connectivity index (χ0n) is 32.5. The molecular formula is C55H31N5O. The Morgan fingerprint density at radius 3 is 1.75 bits per heavy atom. The molecule has 5 aromatic heterocycles. The Morgan fingerprint density at radius 2 is 0.967 bits per heavy atom. The molecule has 0 saturated carbocycles. The van der Waals surface area contributed by atoms with E-state index in [0.29, 0.717) is 17.5 Å². The van der Waals surface area contributed by atoms with Crippen LogP contribution in [0.15, 0.2) is 192 Å². The van der Waals surface area contributed by atoms with E-state index >= 15 is 0 Å². The first kappa shape index (κ1) is 32.6. The number of fused-ring (bicyclic) bond motifs is 14. The minimum absolute atomic E-state index is 0.578. The SMILES string of the molecule is c1ccc(-c2nc(-c3ccccc3)nc(-c3cc(-n4c5cc6c(cc5c5ccc7ccccc7c54)c4cccc5c7ccccc7n6c54)cc4oc5ccccc5c34)n2)cc1. The molecule has 6 heteroatoms. The Bertz CT molecular complexity index is 4050. The molecule has 0 atom stereocenters. The molecule has 0 saturated heterocycles. The summed E-state index contributed by atoms with van der Waals surface area (Å²) in [6.07, 6.45) is 0. The van der Waals surface area contributed by atoms with Gasteiger partial charge in [-0.3, -0.25) is 0 Å². The highest BCUT2D eigenvalue weighted by atomic mass is 16.3. The van der Waals surface area contributed by atoms with E-state index in [1.807, 2.05) is 48.5 Å². The van der Waals surface area contributed by atoms with Gasteiger partial charge in [0.15, 0.2) is 17.5 Å². The first-order valence-corrected chi connectivity index (χ1v) is 20.6. The van der Waals surface area contributed by atoms with Gasteiger partial charge in [-0.05, 0) is 35.7 Å². The highest BCUT2D eigenvalue weighted by Crippen LogP contribution is 2.45. The Balaban J connectivity index is 1.14. The lowest BCUT2D eigenvalue weighted by atomic mass is 10.0. The van der Waals surface area contributed by atoms with Gasteiger partial charge >= 0.3 is 0 Å². The van der Waals surface area contributed by atoms with E-state index in [1.165, 1.54) is 59.6 Å². The number of aromatic nitrogens is 5. The molecule has 0 spiro atoms. The van der Waals surface area contributed by atoms with Crippen LogP contribution < -0.4 is 0 Å². The highest BCUT2D eigenvalue weighted by molar-refractivity contribution is 6.27. The first-order valence-electron chi connectivity index (χ1n) is 20.6. The van der Waals surface area contributed by atoms with Crippen molar-refractivity contribution in [2.75, 3.05) is 0 Å². The van der Waals surface area contributed by atoms with E-state index in [1.54, 1.807) is 0 Å². The zero-order chi connectivity index (χ0) is 39.8. The van der Waals surface area contributed by atoms with Gasteiger partial charge in [0.1, 0.15) is 11.2 Å². The van der Waals surface area contributed by atoms with Crippen LogP contribution in [0.1, 0.15) is 0 Å². The Hall–Kier alpha value is -8.35. The van der Waals surface area contributed by atoms with Crippen molar-refractivity contribution < 1.29 is 4.42 Å². The van der Waals surface area contributed by atoms with Crippen LogP contribution in [-0.4, -0.2) is 23.9 Å². The third-order valence-corrected chi connectivity index (χ3v) is 12.7. The van der Waals surface area contributed by atoms with Gasteiger partial charge in [-0.15, -0.1) is 0 Å². The number of hydrogen-bond acceptors (Lipinski definition) is 4. The predicted molar refractivity (Wildman–Crippen MR) is 250 cm³/mol. The van der Waals surface area contributed by atoms with Crippen LogP contribution in [0.25, 0.3) is 132 Å². The second-order valence-electron chi connectivity index (χ2n) is 16.0. The van der Waals surface area contributed by atoms with Crippen LogP contribution in [0.4, 0.5) is 0 Å². The molecule has 9 aromatic carbocycles. The molecule has 282 valence electrons. The minimum atomic E-state index is 0.578. The van der Waals surface area contributed by atoms with E-state index in [2.05, 4.69) is 148 Å². The van der Waals surface area contributed by atoms with Crippen molar-refractivity contribution in [1.29, 1.82) is 0 Å². The molecule has 0 unspecified atom stereocenters. The lowest BCUT2D eigenvalue weighted by Crippen LogP contribution is -2.02. The number of benzene rings is 9. The van der Waals surface area contributed by atoms with Crippen molar-refractivity contribution in [1.82, 2.24) is 23.9 Å². The van der Waals surface area contributed by atoms with Crippen LogP contribution in [0, 0.1) is 0 Å². The second kappa shape index (κ2) is 12.1. The molecule has 0 aliphatic rings. The van der Waals surface area contributed by atoms with Crippen LogP contribution in [0.3, 0.4) is 0 Å². The largest absolute Gasteiger partial charge is 0.456 e. The quantitative estimate of drug-likeness (QED) is 0.179. The fraction of sp³-hybridized carbons (Fsp3) is 0. The van der Waals surface area contributed by atoms with E-state index in [0.717, 1.165) is 55.3 Å². The Morgan fingerprint density at radius 1 is 0.361 bits per heavy atom. The van der Waals surface area contributed by atoms with E-state index < -0.39 is 0 Å². The zero-order valence-corrected chi connectivity index (χ0v) is 32.5. The first-order chi connectivity index (χ1) is 30.2. The van der Waals surface area contributed by atoms with Gasteiger partial charge in [0.05, 0.1) is 33.3 Å². The molecule has 0 bridgehead atoms. The maximum atomic E-state index is 6.80. The average molecular weight is 778 g/mol. The standard InChI is InChI=1S/C55H31N5O/c1-3-15-33(16-4-1)53-56-54(34-17-5-2-6-18-34)58-55(57-53)44-28-35(29-49-50(44)41-21-10-12-25-48(41)61-49)59-46-31-47-42(30-43(46)40-27-26-32-14-7-8-19-36(32)51(40)59)39-23-13-22-38-37-20-9-11-24-45(37)60(47)52(38)39/h1-31H. The van der Waals surface area contributed by atoms with Gasteiger partial charge in [0.25, 0.3) is 0 Å². The molecule has 14 rings (SSSR count). The summed E-state index contributed by atoms with van der Waals surface area (Å²) in [7, 11) is 0. The van der Waals surface area contributed by atoms with Gasteiger partial charge in [0, 0.05) is 71.2 Å². The number of furan rings is 1. The van der Waals surface area contributed by atoms with Gasteiger partial charge < -0.3 is 13.4 Å². The summed E-state index contributed by atoms with van der Waals surface area (Å²) in [5, 5.41) is 11.7. The summed E-state index contributed by atoms with van der Waals surface area (Å²) in [5.41, 5.74) is 11.1. The highest BCUT2D eigenvalue weighted by Gasteiger charge is 2.24. The topological polar surface area (TPSA) is 61.2 Å². The Labute approximate surface area is 347 Å². The predicted octanol–water partition coefficient (Wildman–Crippen LogP) is 14.2. The van der Waals surface area contributed by atoms with Crippen LogP contribution in [0.5, 0.6) is 0 Å². The van der Waals surface area contributed by atoms with Crippen molar-refractivity contribution in [3.05, 3.63) is 188 Å². The van der Waals surface area contributed by atoms with E-state index in [-0.39, 0.29) is 0 Å². The van der Waals surface area contributed by atoms with Gasteiger partial charge in [-0.2, -0.15) is 0 Å². The third-order valence-electron chi connectivity index (χ3n) is 12.7. The lowest BCUT2D eigenvalue weighted by molar-refractivity contribution is 0.668. The molecule has 14 aromatic rings. The molecular weight excluding hydrogens is 747 g/mol. The van der Waals surface area contributed by atoms with Crippen molar-refractivity contribution in [3.8, 4) is 39.9 Å². The van der Waals surface area contributed by atoms with Gasteiger partial charge in [-0.1, -0.05) is 152 Å². The molecule has 0 aliphatic carbocycles. The maximum Gasteiger partial charge on any atom is 0.164 e. The molecule has 5 heterocycles. The van der Waals surface area contributed by atoms with E-state index in [4.69, 9.17) is 19.4 Å². The average Bonchev–Trinajstić information content (AvgIpc) is 4.07. The molecule has 0 aliphatic heterocycles. The fourth-order valence-corrected chi connectivity index (χ4v) is 10.0. The summed E-state index contributed by atoms with van der Waals surface area (Å²) in [4.78, 5) is 15.6. The summed E-state index contributed by atoms with van der Waals surface area (Å²) in [6, 6.07) is 66.5. The van der Waals surface area contributed by atoms with Crippen molar-refractivity contribution in [2.45, 2.75) is 0 Å². The molecule has 0 radical (unpaired) electrons. The lowest BCUT2D eigenvalue weighted by Gasteiger charge is -2.14. The van der Waals surface area contributed by atoms with E-state index in [9.17, 15) is 0 Å². The number of rotatable bonds is 4. The monoisotopic (exact) mass is 777 g/mol. The van der Waals surface area contributed by atoms with Crippen molar-refractivity contribution in [2.24, 2.45) is 0 Å². The maximum absolute atomic E-state index is 6.80. The van der Waals surface area contributed by atoms with Crippen molar-refractivity contribution in [3.63, 3.8) is 0 Å². The molecule has 0 N–H and O–H groups in total. The smallest absolute Gasteiger partial charge is 0.164 e. The molecule has 0 amide bonds. The van der Waals surface area contributed by atoms with Gasteiger partial charge in [0.2, 0.25) is 0 Å². The number of nitrogens with zero attached hydrogens (tertiary/aromatic N) is 5. The summed E-state index contributed by atoms with van der Waals surface area (Å²) >= 11 is 0. The van der Waals surface area contributed by atoms with Gasteiger partial charge in [-0.25, -0.2) is 15.0 Å². The molecule has 0 fully saturated rings. The number of hydrogen-bond donors (Lipinski definition) is 0. The summed E-state index contributed by atoms with van der Waals surface area (Å²) in [6.45, 7) is 0. The Kier molecular flexibility index (Phi) is 6.46. The third kappa shape index (κ3) is 4.53. The van der Waals surface area contributed by atoms with Crippen LogP contribution in [-0.2, 0) is 0 Å². The normalized spacial score (nSPS) is 12.3. The minimum Gasteiger partial charge on any atom is -0.456 e. The van der Waals surface area contributed by atoms with Crippen LogP contribution in [0.2, 0.25) is 0 Å². The van der Waals surface area contributed by atoms with Crippen molar-refractivity contribution >= 4 is 92.6 Å². The summed E-state index contributed by atoms with van der Waals surface area (Å²) < 4.78 is 11.7. The van der Waals surface area contributed by atoms with Crippen LogP contribution >= 0.6 is 0 Å². The number of para-hydroxylation sites is 3. The fourth-order valence-electron chi connectivity index (χ4n) is 10.0.